The number of benzene rings is 2. The van der Waals surface area contributed by atoms with E-state index in [9.17, 15) is 0 Å². The summed E-state index contributed by atoms with van der Waals surface area (Å²) in [7, 11) is 3.48. The Morgan fingerprint density at radius 1 is 0.824 bits per heavy atom. The first kappa shape index (κ1) is 23.2. The molecule has 4 nitrogen and oxygen atoms in total. The van der Waals surface area contributed by atoms with Crippen molar-refractivity contribution in [1.29, 1.82) is 0 Å². The molecule has 0 amide bonds. The number of aromatic nitrogens is 1. The molecule has 0 radical (unpaired) electrons. The van der Waals surface area contributed by atoms with Crippen LogP contribution in [0.4, 0.5) is 10.8 Å². The minimum atomic E-state index is 0.605. The zero-order valence-corrected chi connectivity index (χ0v) is 21.3. The molecule has 1 heterocycles. The van der Waals surface area contributed by atoms with E-state index in [0.717, 1.165) is 33.6 Å². The van der Waals surface area contributed by atoms with Crippen LogP contribution in [-0.2, 0) is 0 Å². The first-order valence-corrected chi connectivity index (χ1v) is 13.7. The highest BCUT2D eigenvalue weighted by Crippen LogP contribution is 2.41. The minimum absolute atomic E-state index is 0.605. The van der Waals surface area contributed by atoms with Crippen LogP contribution in [0.3, 0.4) is 0 Å². The third-order valence-electron chi connectivity index (χ3n) is 7.63. The summed E-state index contributed by atoms with van der Waals surface area (Å²) in [5.41, 5.74) is 5.99. The summed E-state index contributed by atoms with van der Waals surface area (Å²) in [4.78, 5) is 5.00. The van der Waals surface area contributed by atoms with Crippen LogP contribution in [-0.4, -0.2) is 19.2 Å². The van der Waals surface area contributed by atoms with Gasteiger partial charge in [-0.1, -0.05) is 50.7 Å². The molecule has 0 saturated heterocycles. The molecule has 0 bridgehead atoms. The number of thiazole rings is 1. The van der Waals surface area contributed by atoms with Gasteiger partial charge in [0.15, 0.2) is 5.13 Å². The van der Waals surface area contributed by atoms with Gasteiger partial charge in [-0.05, 0) is 66.8 Å². The summed E-state index contributed by atoms with van der Waals surface area (Å²) in [5, 5.41) is 6.69. The van der Waals surface area contributed by atoms with Gasteiger partial charge in [-0.2, -0.15) is 0 Å². The second-order valence-electron chi connectivity index (χ2n) is 9.75. The van der Waals surface area contributed by atoms with Gasteiger partial charge in [-0.15, -0.1) is 11.3 Å². The lowest BCUT2D eigenvalue weighted by Gasteiger charge is -2.24. The van der Waals surface area contributed by atoms with Crippen molar-refractivity contribution < 1.29 is 9.47 Å². The van der Waals surface area contributed by atoms with Crippen LogP contribution in [0.15, 0.2) is 41.8 Å². The van der Waals surface area contributed by atoms with E-state index >= 15 is 0 Å². The molecular weight excluding hydrogens is 440 g/mol. The third-order valence-corrected chi connectivity index (χ3v) is 8.39. The van der Waals surface area contributed by atoms with Crippen LogP contribution in [0.2, 0.25) is 0 Å². The van der Waals surface area contributed by atoms with Crippen LogP contribution in [0.25, 0.3) is 11.3 Å². The average Bonchev–Trinajstić information content (AvgIpc) is 3.37. The van der Waals surface area contributed by atoms with Crippen molar-refractivity contribution in [2.75, 3.05) is 19.5 Å². The predicted octanol–water partition coefficient (Wildman–Crippen LogP) is 8.67. The van der Waals surface area contributed by atoms with Crippen molar-refractivity contribution in [2.45, 2.75) is 76.0 Å². The van der Waals surface area contributed by atoms with E-state index in [1.54, 1.807) is 25.6 Å². The minimum Gasteiger partial charge on any atom is -0.497 e. The molecule has 1 aromatic heterocycles. The summed E-state index contributed by atoms with van der Waals surface area (Å²) in [5.74, 6) is 3.03. The molecule has 2 aliphatic rings. The molecule has 1 N–H and O–H groups in total. The van der Waals surface area contributed by atoms with Gasteiger partial charge in [0.25, 0.3) is 0 Å². The first-order chi connectivity index (χ1) is 16.7. The lowest BCUT2D eigenvalue weighted by Crippen LogP contribution is -2.07. The van der Waals surface area contributed by atoms with Gasteiger partial charge in [-0.3, -0.25) is 0 Å². The number of ether oxygens (including phenoxy) is 2. The van der Waals surface area contributed by atoms with E-state index < -0.39 is 0 Å². The monoisotopic (exact) mass is 476 g/mol. The molecule has 2 saturated carbocycles. The van der Waals surface area contributed by atoms with E-state index in [4.69, 9.17) is 14.5 Å². The van der Waals surface area contributed by atoms with E-state index in [-0.39, 0.29) is 0 Å². The summed E-state index contributed by atoms with van der Waals surface area (Å²) in [6.07, 6.45) is 13.1. The largest absolute Gasteiger partial charge is 0.497 e. The van der Waals surface area contributed by atoms with Gasteiger partial charge < -0.3 is 14.8 Å². The van der Waals surface area contributed by atoms with Gasteiger partial charge in [0.1, 0.15) is 11.5 Å². The number of rotatable bonds is 7. The molecule has 2 fully saturated rings. The highest BCUT2D eigenvalue weighted by molar-refractivity contribution is 7.14. The van der Waals surface area contributed by atoms with E-state index in [1.807, 2.05) is 0 Å². The Morgan fingerprint density at radius 3 is 2.26 bits per heavy atom. The quantitative estimate of drug-likeness (QED) is 0.370. The molecule has 2 aliphatic carbocycles. The van der Waals surface area contributed by atoms with Gasteiger partial charge in [0, 0.05) is 22.7 Å². The normalized spacial score (nSPS) is 17.5. The highest BCUT2D eigenvalue weighted by Gasteiger charge is 2.21. The fourth-order valence-electron chi connectivity index (χ4n) is 5.73. The summed E-state index contributed by atoms with van der Waals surface area (Å²) in [6.45, 7) is 0. The number of methoxy groups -OCH3 is 2. The maximum atomic E-state index is 5.73. The Morgan fingerprint density at radius 2 is 1.56 bits per heavy atom. The maximum absolute atomic E-state index is 5.73. The molecule has 0 spiro atoms. The lowest BCUT2D eigenvalue weighted by molar-refractivity contribution is 0.413. The van der Waals surface area contributed by atoms with Gasteiger partial charge in [0.05, 0.1) is 19.9 Å². The van der Waals surface area contributed by atoms with Crippen LogP contribution in [0.1, 0.15) is 87.2 Å². The molecule has 180 valence electrons. The van der Waals surface area contributed by atoms with Gasteiger partial charge in [-0.25, -0.2) is 4.98 Å². The fourth-order valence-corrected chi connectivity index (χ4v) is 6.45. The number of hydrogen-bond donors (Lipinski definition) is 1. The molecule has 0 unspecified atom stereocenters. The zero-order chi connectivity index (χ0) is 23.3. The maximum Gasteiger partial charge on any atom is 0.187 e. The van der Waals surface area contributed by atoms with Crippen molar-refractivity contribution in [1.82, 2.24) is 4.98 Å². The van der Waals surface area contributed by atoms with Crippen molar-refractivity contribution in [3.63, 3.8) is 0 Å². The number of anilines is 2. The Kier molecular flexibility index (Phi) is 7.39. The van der Waals surface area contributed by atoms with Crippen LogP contribution in [0.5, 0.6) is 11.5 Å². The standard InChI is InChI=1S/C29H36N2O2S/c1-32-23-14-15-24(21-11-7-4-8-12-21)26(18-23)30-29-31-27(19-34-29)25-17-22(13-16-28(25)33-2)20-9-5-3-6-10-20/h13-21H,3-12H2,1-2H3,(H,30,31). The number of hydrogen-bond acceptors (Lipinski definition) is 5. The zero-order valence-electron chi connectivity index (χ0n) is 20.4. The summed E-state index contributed by atoms with van der Waals surface area (Å²) >= 11 is 1.65. The van der Waals surface area contributed by atoms with Crippen molar-refractivity contribution in [2.24, 2.45) is 0 Å². The molecule has 0 atom stereocenters. The molecular formula is C29H36N2O2S. The van der Waals surface area contributed by atoms with Gasteiger partial charge in [0.2, 0.25) is 0 Å². The Bertz CT molecular complexity index is 1100. The molecule has 5 heteroatoms. The average molecular weight is 477 g/mol. The fraction of sp³-hybridized carbons (Fsp3) is 0.483. The Balaban J connectivity index is 1.42. The Labute approximate surface area is 207 Å². The van der Waals surface area contributed by atoms with Crippen molar-refractivity contribution in [3.8, 4) is 22.8 Å². The molecule has 2 aromatic carbocycles. The van der Waals surface area contributed by atoms with Crippen LogP contribution < -0.4 is 14.8 Å². The Hall–Kier alpha value is -2.53. The summed E-state index contributed by atoms with van der Waals surface area (Å²) in [6, 6.07) is 13.1. The van der Waals surface area contributed by atoms with Crippen LogP contribution in [0, 0.1) is 0 Å². The molecule has 0 aliphatic heterocycles. The van der Waals surface area contributed by atoms with Crippen LogP contribution >= 0.6 is 11.3 Å². The SMILES string of the molecule is COc1ccc(C2CCCCC2)c(Nc2nc(-c3cc(C4CCCCC4)ccc3OC)cs2)c1. The van der Waals surface area contributed by atoms with E-state index in [2.05, 4.69) is 47.1 Å². The second kappa shape index (κ2) is 10.8. The summed E-state index contributed by atoms with van der Waals surface area (Å²) < 4.78 is 11.3. The third kappa shape index (κ3) is 5.10. The molecule has 5 rings (SSSR count). The van der Waals surface area contributed by atoms with Gasteiger partial charge >= 0.3 is 0 Å². The van der Waals surface area contributed by atoms with E-state index in [0.29, 0.717) is 11.8 Å². The smallest absolute Gasteiger partial charge is 0.187 e. The lowest BCUT2D eigenvalue weighted by atomic mass is 9.83. The van der Waals surface area contributed by atoms with Crippen molar-refractivity contribution in [3.05, 3.63) is 52.9 Å². The number of nitrogens with zero attached hydrogens (tertiary/aromatic N) is 1. The van der Waals surface area contributed by atoms with Crippen molar-refractivity contribution >= 4 is 22.2 Å². The van der Waals surface area contributed by atoms with E-state index in [1.165, 1.54) is 75.3 Å². The molecule has 3 aromatic rings. The predicted molar refractivity (Wildman–Crippen MR) is 142 cm³/mol. The number of nitrogens with one attached hydrogen (secondary N) is 1. The highest BCUT2D eigenvalue weighted by atomic mass is 32.1. The first-order valence-electron chi connectivity index (χ1n) is 12.8. The second-order valence-corrected chi connectivity index (χ2v) is 10.6. The molecule has 34 heavy (non-hydrogen) atoms. The topological polar surface area (TPSA) is 43.4 Å².